The summed E-state index contributed by atoms with van der Waals surface area (Å²) in [5, 5.41) is 0. The van der Waals surface area contributed by atoms with E-state index in [1.165, 1.54) is 38.9 Å². The van der Waals surface area contributed by atoms with Crippen molar-refractivity contribution in [2.75, 3.05) is 32.8 Å². The van der Waals surface area contributed by atoms with Crippen LogP contribution in [0.3, 0.4) is 0 Å². The second-order valence-electron chi connectivity index (χ2n) is 4.27. The van der Waals surface area contributed by atoms with E-state index in [4.69, 9.17) is 4.74 Å². The smallest absolute Gasteiger partial charge is 0.0534 e. The Kier molecular flexibility index (Phi) is 2.37. The fourth-order valence-electron chi connectivity index (χ4n) is 1.86. The third-order valence-electron chi connectivity index (χ3n) is 3.08. The lowest BCUT2D eigenvalue weighted by Crippen LogP contribution is -2.42. The van der Waals surface area contributed by atoms with Crippen molar-refractivity contribution in [1.29, 1.82) is 0 Å². The average molecular weight is 169 g/mol. The number of likely N-dealkylation sites (tertiary alicyclic amines) is 1. The summed E-state index contributed by atoms with van der Waals surface area (Å²) in [6.07, 6.45) is 4.19. The highest BCUT2D eigenvalue weighted by Gasteiger charge is 2.44. The molecular weight excluding hydrogens is 150 g/mol. The molecule has 1 saturated heterocycles. The lowest BCUT2D eigenvalue weighted by Gasteiger charge is -2.34. The SMILES string of the molecule is CCOCC1(CN2CCC2)CC1. The molecular formula is C10H19NO. The van der Waals surface area contributed by atoms with Crippen molar-refractivity contribution < 1.29 is 4.74 Å². The molecule has 0 N–H and O–H groups in total. The summed E-state index contributed by atoms with van der Waals surface area (Å²) in [6, 6.07) is 0. The Morgan fingerprint density at radius 2 is 2.08 bits per heavy atom. The number of hydrogen-bond donors (Lipinski definition) is 0. The minimum atomic E-state index is 0.580. The van der Waals surface area contributed by atoms with Gasteiger partial charge in [-0.2, -0.15) is 0 Å². The first-order valence-corrected chi connectivity index (χ1v) is 5.15. The van der Waals surface area contributed by atoms with Gasteiger partial charge in [-0.3, -0.25) is 0 Å². The normalized spacial score (nSPS) is 26.8. The van der Waals surface area contributed by atoms with Crippen LogP contribution in [0.25, 0.3) is 0 Å². The zero-order chi connectivity index (χ0) is 8.44. The number of hydrogen-bond acceptors (Lipinski definition) is 2. The molecule has 2 heteroatoms. The second-order valence-corrected chi connectivity index (χ2v) is 4.27. The van der Waals surface area contributed by atoms with E-state index in [0.717, 1.165) is 13.2 Å². The summed E-state index contributed by atoms with van der Waals surface area (Å²) in [6.45, 7) is 7.91. The Morgan fingerprint density at radius 3 is 2.50 bits per heavy atom. The zero-order valence-corrected chi connectivity index (χ0v) is 8.01. The van der Waals surface area contributed by atoms with Crippen LogP contribution in [0.1, 0.15) is 26.2 Å². The minimum Gasteiger partial charge on any atom is -0.381 e. The standard InChI is InChI=1S/C10H19NO/c1-2-12-9-10(4-5-10)8-11-6-3-7-11/h2-9H2,1H3. The Labute approximate surface area is 74.9 Å². The molecule has 1 saturated carbocycles. The molecule has 2 rings (SSSR count). The van der Waals surface area contributed by atoms with Gasteiger partial charge in [-0.15, -0.1) is 0 Å². The maximum Gasteiger partial charge on any atom is 0.0534 e. The Balaban J connectivity index is 1.69. The number of rotatable bonds is 5. The molecule has 0 aromatic heterocycles. The highest BCUT2D eigenvalue weighted by Crippen LogP contribution is 2.46. The lowest BCUT2D eigenvalue weighted by molar-refractivity contribution is 0.0616. The van der Waals surface area contributed by atoms with Crippen molar-refractivity contribution in [2.24, 2.45) is 5.41 Å². The fourth-order valence-corrected chi connectivity index (χ4v) is 1.86. The predicted octanol–water partition coefficient (Wildman–Crippen LogP) is 1.51. The van der Waals surface area contributed by atoms with Gasteiger partial charge in [0.25, 0.3) is 0 Å². The zero-order valence-electron chi connectivity index (χ0n) is 8.01. The van der Waals surface area contributed by atoms with Gasteiger partial charge in [0.05, 0.1) is 6.61 Å². The highest BCUT2D eigenvalue weighted by molar-refractivity contribution is 4.96. The van der Waals surface area contributed by atoms with Crippen LogP contribution in [0.4, 0.5) is 0 Å². The Morgan fingerprint density at radius 1 is 1.33 bits per heavy atom. The van der Waals surface area contributed by atoms with Crippen molar-refractivity contribution >= 4 is 0 Å². The molecule has 0 radical (unpaired) electrons. The predicted molar refractivity (Wildman–Crippen MR) is 49.2 cm³/mol. The van der Waals surface area contributed by atoms with E-state index in [0.29, 0.717) is 5.41 Å². The molecule has 0 atom stereocenters. The van der Waals surface area contributed by atoms with Crippen LogP contribution in [0.5, 0.6) is 0 Å². The van der Waals surface area contributed by atoms with Gasteiger partial charge < -0.3 is 9.64 Å². The quantitative estimate of drug-likeness (QED) is 0.618. The van der Waals surface area contributed by atoms with Gasteiger partial charge in [-0.1, -0.05) is 0 Å². The maximum absolute atomic E-state index is 5.50. The van der Waals surface area contributed by atoms with E-state index < -0.39 is 0 Å². The van der Waals surface area contributed by atoms with Gasteiger partial charge in [0.2, 0.25) is 0 Å². The van der Waals surface area contributed by atoms with Crippen LogP contribution in [0.2, 0.25) is 0 Å². The van der Waals surface area contributed by atoms with Gasteiger partial charge in [0, 0.05) is 18.6 Å². The third-order valence-corrected chi connectivity index (χ3v) is 3.08. The van der Waals surface area contributed by atoms with Crippen molar-refractivity contribution in [3.05, 3.63) is 0 Å². The molecule has 1 aliphatic heterocycles. The van der Waals surface area contributed by atoms with Crippen molar-refractivity contribution in [2.45, 2.75) is 26.2 Å². The van der Waals surface area contributed by atoms with Crippen LogP contribution in [0.15, 0.2) is 0 Å². The van der Waals surface area contributed by atoms with Gasteiger partial charge in [0.1, 0.15) is 0 Å². The van der Waals surface area contributed by atoms with E-state index in [-0.39, 0.29) is 0 Å². The van der Waals surface area contributed by atoms with Gasteiger partial charge in [0.15, 0.2) is 0 Å². The van der Waals surface area contributed by atoms with Crippen LogP contribution in [0, 0.1) is 5.41 Å². The van der Waals surface area contributed by atoms with E-state index >= 15 is 0 Å². The summed E-state index contributed by atoms with van der Waals surface area (Å²) in [5.41, 5.74) is 0.580. The summed E-state index contributed by atoms with van der Waals surface area (Å²) in [7, 11) is 0. The summed E-state index contributed by atoms with van der Waals surface area (Å²) in [4.78, 5) is 2.56. The van der Waals surface area contributed by atoms with Gasteiger partial charge >= 0.3 is 0 Å². The van der Waals surface area contributed by atoms with Crippen LogP contribution in [-0.4, -0.2) is 37.7 Å². The molecule has 0 aromatic carbocycles. The maximum atomic E-state index is 5.50. The molecule has 12 heavy (non-hydrogen) atoms. The average Bonchev–Trinajstić information content (AvgIpc) is 2.75. The largest absolute Gasteiger partial charge is 0.381 e. The molecule has 0 aromatic rings. The summed E-state index contributed by atoms with van der Waals surface area (Å²) >= 11 is 0. The first-order chi connectivity index (χ1) is 5.85. The molecule has 1 heterocycles. The monoisotopic (exact) mass is 169 g/mol. The van der Waals surface area contributed by atoms with E-state index in [2.05, 4.69) is 11.8 Å². The van der Waals surface area contributed by atoms with Crippen molar-refractivity contribution in [1.82, 2.24) is 4.90 Å². The Hall–Kier alpha value is -0.0800. The Bertz CT molecular complexity index is 150. The molecule has 70 valence electrons. The summed E-state index contributed by atoms with van der Waals surface area (Å²) in [5.74, 6) is 0. The number of nitrogens with zero attached hydrogens (tertiary/aromatic N) is 1. The van der Waals surface area contributed by atoms with Crippen molar-refractivity contribution in [3.63, 3.8) is 0 Å². The molecule has 0 spiro atoms. The highest BCUT2D eigenvalue weighted by atomic mass is 16.5. The molecule has 0 amide bonds. The second kappa shape index (κ2) is 3.35. The molecule has 1 aliphatic carbocycles. The number of ether oxygens (including phenoxy) is 1. The topological polar surface area (TPSA) is 12.5 Å². The molecule has 0 unspecified atom stereocenters. The molecule has 2 nitrogen and oxygen atoms in total. The molecule has 2 aliphatic rings. The first-order valence-electron chi connectivity index (χ1n) is 5.15. The molecule has 2 fully saturated rings. The van der Waals surface area contributed by atoms with Crippen LogP contribution in [-0.2, 0) is 4.74 Å². The summed E-state index contributed by atoms with van der Waals surface area (Å²) < 4.78 is 5.50. The first kappa shape index (κ1) is 8.52. The third kappa shape index (κ3) is 1.80. The molecule has 0 bridgehead atoms. The minimum absolute atomic E-state index is 0.580. The fraction of sp³-hybridized carbons (Fsp3) is 1.00. The van der Waals surface area contributed by atoms with Gasteiger partial charge in [-0.25, -0.2) is 0 Å². The lowest BCUT2D eigenvalue weighted by atomic mass is 10.1. The van der Waals surface area contributed by atoms with Crippen molar-refractivity contribution in [3.8, 4) is 0 Å². The van der Waals surface area contributed by atoms with Gasteiger partial charge in [-0.05, 0) is 39.3 Å². The van der Waals surface area contributed by atoms with Crippen LogP contribution < -0.4 is 0 Å². The van der Waals surface area contributed by atoms with Crippen LogP contribution >= 0.6 is 0 Å². The van der Waals surface area contributed by atoms with E-state index in [1.54, 1.807) is 0 Å². The van der Waals surface area contributed by atoms with E-state index in [1.807, 2.05) is 0 Å². The van der Waals surface area contributed by atoms with E-state index in [9.17, 15) is 0 Å².